The van der Waals surface area contributed by atoms with Gasteiger partial charge in [-0.3, -0.25) is 4.79 Å². The van der Waals surface area contributed by atoms with E-state index in [1.165, 1.54) is 11.2 Å². The summed E-state index contributed by atoms with van der Waals surface area (Å²) < 4.78 is 10.7. The third-order valence-electron chi connectivity index (χ3n) is 3.27. The van der Waals surface area contributed by atoms with Crippen LogP contribution in [0.5, 0.6) is 0 Å². The lowest BCUT2D eigenvalue weighted by Gasteiger charge is -2.34. The van der Waals surface area contributed by atoms with Gasteiger partial charge in [-0.1, -0.05) is 13.8 Å². The Hall–Kier alpha value is -1.82. The normalized spacial score (nSPS) is 23.1. The molecule has 1 N–H and O–H groups in total. The molecule has 1 aliphatic heterocycles. The molecule has 1 aromatic heterocycles. The van der Waals surface area contributed by atoms with E-state index in [2.05, 4.69) is 0 Å². The van der Waals surface area contributed by atoms with E-state index in [1.54, 1.807) is 13.0 Å². The van der Waals surface area contributed by atoms with Gasteiger partial charge < -0.3 is 19.2 Å². The molecule has 110 valence electrons. The summed E-state index contributed by atoms with van der Waals surface area (Å²) >= 11 is 0. The summed E-state index contributed by atoms with van der Waals surface area (Å²) in [7, 11) is 0. The van der Waals surface area contributed by atoms with Gasteiger partial charge in [-0.25, -0.2) is 4.79 Å². The Bertz CT molecular complexity index is 507. The summed E-state index contributed by atoms with van der Waals surface area (Å²) in [6, 6.07) is 1.63. The largest absolute Gasteiger partial charge is 0.479 e. The monoisotopic (exact) mass is 281 g/mol. The maximum absolute atomic E-state index is 12.5. The molecule has 0 spiro atoms. The van der Waals surface area contributed by atoms with Crippen LogP contribution in [0.15, 0.2) is 16.7 Å². The van der Waals surface area contributed by atoms with Gasteiger partial charge in [-0.15, -0.1) is 0 Å². The van der Waals surface area contributed by atoms with E-state index in [0.717, 1.165) is 0 Å². The second-order valence-electron chi connectivity index (χ2n) is 5.34. The number of carboxylic acid groups (broad SMARTS) is 1. The number of carboxylic acids is 1. The van der Waals surface area contributed by atoms with Crippen LogP contribution in [0.2, 0.25) is 0 Å². The lowest BCUT2D eigenvalue weighted by atomic mass is 10.1. The molecule has 2 heterocycles. The zero-order valence-electron chi connectivity index (χ0n) is 11.8. The lowest BCUT2D eigenvalue weighted by molar-refractivity contribution is -0.160. The highest BCUT2D eigenvalue weighted by Gasteiger charge is 2.34. The van der Waals surface area contributed by atoms with Crippen molar-refractivity contribution in [3.05, 3.63) is 23.7 Å². The van der Waals surface area contributed by atoms with Gasteiger partial charge in [0, 0.05) is 12.5 Å². The molecule has 1 amide bonds. The fraction of sp³-hybridized carbons (Fsp3) is 0.571. The third-order valence-corrected chi connectivity index (χ3v) is 3.27. The molecule has 2 atom stereocenters. The van der Waals surface area contributed by atoms with Crippen LogP contribution in [-0.4, -0.2) is 47.2 Å². The van der Waals surface area contributed by atoms with E-state index in [-0.39, 0.29) is 24.5 Å². The van der Waals surface area contributed by atoms with Gasteiger partial charge in [0.05, 0.1) is 24.5 Å². The van der Waals surface area contributed by atoms with Crippen LogP contribution in [0.1, 0.15) is 42.8 Å². The minimum atomic E-state index is -1.05. The molecule has 1 saturated heterocycles. The van der Waals surface area contributed by atoms with E-state index in [4.69, 9.17) is 14.3 Å². The quantitative estimate of drug-likeness (QED) is 0.912. The number of carbonyl (C=O) groups is 2. The number of aliphatic carboxylic acids is 1. The number of carbonyl (C=O) groups excluding carboxylic acids is 1. The second kappa shape index (κ2) is 5.66. The average Bonchev–Trinajstić information content (AvgIpc) is 2.86. The van der Waals surface area contributed by atoms with Crippen molar-refractivity contribution >= 4 is 11.9 Å². The summed E-state index contributed by atoms with van der Waals surface area (Å²) in [6.45, 7) is 6.08. The predicted molar refractivity (Wildman–Crippen MR) is 70.7 cm³/mol. The van der Waals surface area contributed by atoms with E-state index < -0.39 is 12.1 Å². The molecule has 6 heteroatoms. The van der Waals surface area contributed by atoms with Crippen LogP contribution in [0, 0.1) is 0 Å². The first kappa shape index (κ1) is 14.6. The SMILES string of the molecule is CC(C)c1occc1C(=O)N1CC(C(=O)O)O[C@H](C)C1. The van der Waals surface area contributed by atoms with E-state index in [1.807, 2.05) is 13.8 Å². The first-order valence-corrected chi connectivity index (χ1v) is 6.65. The van der Waals surface area contributed by atoms with Crippen molar-refractivity contribution in [2.75, 3.05) is 13.1 Å². The summed E-state index contributed by atoms with van der Waals surface area (Å²) in [5.74, 6) is -0.534. The van der Waals surface area contributed by atoms with Gasteiger partial charge >= 0.3 is 5.97 Å². The number of morpholine rings is 1. The number of rotatable bonds is 3. The Labute approximate surface area is 117 Å². The van der Waals surface area contributed by atoms with Gasteiger partial charge in [0.25, 0.3) is 5.91 Å². The highest BCUT2D eigenvalue weighted by molar-refractivity contribution is 5.95. The molecule has 1 fully saturated rings. The molecule has 0 aliphatic carbocycles. The van der Waals surface area contributed by atoms with Crippen molar-refractivity contribution in [3.63, 3.8) is 0 Å². The highest BCUT2D eigenvalue weighted by Crippen LogP contribution is 2.23. The van der Waals surface area contributed by atoms with Crippen molar-refractivity contribution in [1.82, 2.24) is 4.90 Å². The Morgan fingerprint density at radius 3 is 2.70 bits per heavy atom. The van der Waals surface area contributed by atoms with Crippen LogP contribution in [0.4, 0.5) is 0 Å². The maximum atomic E-state index is 12.5. The Kier molecular flexibility index (Phi) is 4.13. The Morgan fingerprint density at radius 1 is 1.40 bits per heavy atom. The number of amides is 1. The van der Waals surface area contributed by atoms with Gasteiger partial charge in [-0.05, 0) is 13.0 Å². The topological polar surface area (TPSA) is 80.0 Å². The molecule has 1 unspecified atom stereocenters. The van der Waals surface area contributed by atoms with Crippen molar-refractivity contribution in [3.8, 4) is 0 Å². The van der Waals surface area contributed by atoms with Gasteiger partial charge in [0.1, 0.15) is 5.76 Å². The molecular weight excluding hydrogens is 262 g/mol. The summed E-state index contributed by atoms with van der Waals surface area (Å²) in [5, 5.41) is 9.05. The molecule has 1 aromatic rings. The van der Waals surface area contributed by atoms with Crippen LogP contribution in [0.3, 0.4) is 0 Å². The molecule has 0 radical (unpaired) electrons. The van der Waals surface area contributed by atoms with Crippen molar-refractivity contribution in [1.29, 1.82) is 0 Å². The van der Waals surface area contributed by atoms with Crippen LogP contribution < -0.4 is 0 Å². The molecule has 6 nitrogen and oxygen atoms in total. The second-order valence-corrected chi connectivity index (χ2v) is 5.34. The predicted octanol–water partition coefficient (Wildman–Crippen LogP) is 1.72. The zero-order chi connectivity index (χ0) is 14.9. The molecule has 2 rings (SSSR count). The van der Waals surface area contributed by atoms with E-state index >= 15 is 0 Å². The van der Waals surface area contributed by atoms with Crippen molar-refractivity contribution in [2.45, 2.75) is 38.9 Å². The number of hydrogen-bond acceptors (Lipinski definition) is 4. The number of ether oxygens (including phenoxy) is 1. The van der Waals surface area contributed by atoms with Gasteiger partial charge in [0.15, 0.2) is 6.10 Å². The smallest absolute Gasteiger partial charge is 0.334 e. The first-order chi connectivity index (χ1) is 9.40. The maximum Gasteiger partial charge on any atom is 0.334 e. The first-order valence-electron chi connectivity index (χ1n) is 6.65. The van der Waals surface area contributed by atoms with Crippen LogP contribution >= 0.6 is 0 Å². The minimum absolute atomic E-state index is 0.0568. The molecule has 0 saturated carbocycles. The minimum Gasteiger partial charge on any atom is -0.479 e. The van der Waals surface area contributed by atoms with Gasteiger partial charge in [-0.2, -0.15) is 0 Å². The molecule has 0 aromatic carbocycles. The zero-order valence-corrected chi connectivity index (χ0v) is 11.8. The number of nitrogens with zero attached hydrogens (tertiary/aromatic N) is 1. The molecule has 1 aliphatic rings. The third kappa shape index (κ3) is 2.85. The molecule has 0 bridgehead atoms. The number of furan rings is 1. The van der Waals surface area contributed by atoms with Crippen LogP contribution in [-0.2, 0) is 9.53 Å². The lowest BCUT2D eigenvalue weighted by Crippen LogP contribution is -2.51. The fourth-order valence-electron chi connectivity index (χ4n) is 2.37. The Morgan fingerprint density at radius 2 is 2.10 bits per heavy atom. The average molecular weight is 281 g/mol. The summed E-state index contributed by atoms with van der Waals surface area (Å²) in [6.07, 6.45) is 0.210. The number of hydrogen-bond donors (Lipinski definition) is 1. The highest BCUT2D eigenvalue weighted by atomic mass is 16.5. The van der Waals surface area contributed by atoms with E-state index in [9.17, 15) is 9.59 Å². The summed E-state index contributed by atoms with van der Waals surface area (Å²) in [4.78, 5) is 25.1. The van der Waals surface area contributed by atoms with Crippen molar-refractivity contribution < 1.29 is 23.8 Å². The fourth-order valence-corrected chi connectivity index (χ4v) is 2.37. The standard InChI is InChI=1S/C14H19NO5/c1-8(2)12-10(4-5-19-12)13(16)15-6-9(3)20-11(7-15)14(17)18/h4-5,8-9,11H,6-7H2,1-3H3,(H,17,18)/t9-,11?/m1/s1. The van der Waals surface area contributed by atoms with Crippen LogP contribution in [0.25, 0.3) is 0 Å². The Balaban J connectivity index is 2.19. The summed E-state index contributed by atoms with van der Waals surface area (Å²) in [5.41, 5.74) is 0.498. The molecular formula is C14H19NO5. The van der Waals surface area contributed by atoms with Gasteiger partial charge in [0.2, 0.25) is 0 Å². The molecule has 20 heavy (non-hydrogen) atoms. The van der Waals surface area contributed by atoms with E-state index in [0.29, 0.717) is 17.9 Å². The van der Waals surface area contributed by atoms with Crippen molar-refractivity contribution in [2.24, 2.45) is 0 Å².